The van der Waals surface area contributed by atoms with Gasteiger partial charge in [-0.25, -0.2) is 9.97 Å². The minimum absolute atomic E-state index is 0.248. The molecule has 82 valence electrons. The molecule has 0 bridgehead atoms. The molecule has 0 aromatic carbocycles. The summed E-state index contributed by atoms with van der Waals surface area (Å²) in [5, 5.41) is 3.28. The first-order valence-corrected chi connectivity index (χ1v) is 6.11. The predicted molar refractivity (Wildman–Crippen MR) is 66.7 cm³/mol. The number of hydrogen-bond donors (Lipinski definition) is 1. The summed E-state index contributed by atoms with van der Waals surface area (Å²) >= 11 is 4.69. The highest BCUT2D eigenvalue weighted by atomic mass is 79.9. The molecule has 1 N–H and O–H groups in total. The summed E-state index contributed by atoms with van der Waals surface area (Å²) in [7, 11) is 0. The summed E-state index contributed by atoms with van der Waals surface area (Å²) in [6, 6.07) is 3.43. The van der Waals surface area contributed by atoms with Gasteiger partial charge < -0.3 is 0 Å². The number of aryl methyl sites for hydroxylation is 1. The Balaban J connectivity index is 2.11. The average molecular weight is 298 g/mol. The number of nitrogens with one attached hydrogen (secondary N) is 1. The largest absolute Gasteiger partial charge is 0.296 e. The summed E-state index contributed by atoms with van der Waals surface area (Å²) in [5.41, 5.74) is 0.371. The van der Waals surface area contributed by atoms with Gasteiger partial charge in [-0.05, 0) is 35.0 Å². The second-order valence-electron chi connectivity index (χ2n) is 3.09. The average Bonchev–Trinajstić information content (AvgIpc) is 2.65. The van der Waals surface area contributed by atoms with Crippen LogP contribution in [0.15, 0.2) is 29.0 Å². The smallest absolute Gasteiger partial charge is 0.276 e. The van der Waals surface area contributed by atoms with E-state index in [1.165, 1.54) is 11.3 Å². The molecule has 1 amide bonds. The quantitative estimate of drug-likeness (QED) is 0.927. The lowest BCUT2D eigenvalue weighted by molar-refractivity contribution is 0.102. The molecule has 0 aliphatic rings. The van der Waals surface area contributed by atoms with Gasteiger partial charge in [-0.1, -0.05) is 0 Å². The van der Waals surface area contributed by atoms with Crippen LogP contribution in [0.25, 0.3) is 0 Å². The molecule has 16 heavy (non-hydrogen) atoms. The molecule has 0 spiro atoms. The highest BCUT2D eigenvalue weighted by molar-refractivity contribution is 9.10. The maximum atomic E-state index is 11.7. The second-order valence-corrected chi connectivity index (χ2v) is 5.24. The van der Waals surface area contributed by atoms with Crippen LogP contribution in [0, 0.1) is 6.92 Å². The van der Waals surface area contributed by atoms with Gasteiger partial charge in [0, 0.05) is 21.7 Å². The highest BCUT2D eigenvalue weighted by Crippen LogP contribution is 2.17. The van der Waals surface area contributed by atoms with Crippen molar-refractivity contribution in [1.29, 1.82) is 0 Å². The molecule has 6 heteroatoms. The van der Waals surface area contributed by atoms with Gasteiger partial charge in [-0.3, -0.25) is 10.1 Å². The number of thiazole rings is 1. The molecule has 0 saturated carbocycles. The van der Waals surface area contributed by atoms with Gasteiger partial charge in [0.1, 0.15) is 5.69 Å². The van der Waals surface area contributed by atoms with E-state index in [4.69, 9.17) is 0 Å². The van der Waals surface area contributed by atoms with E-state index in [0.29, 0.717) is 10.8 Å². The van der Waals surface area contributed by atoms with Crippen LogP contribution in [-0.4, -0.2) is 15.9 Å². The third-order valence-electron chi connectivity index (χ3n) is 1.80. The number of rotatable bonds is 2. The van der Waals surface area contributed by atoms with E-state index in [-0.39, 0.29) is 5.91 Å². The Morgan fingerprint density at radius 2 is 2.19 bits per heavy atom. The minimum atomic E-state index is -0.248. The number of pyridine rings is 1. The monoisotopic (exact) mass is 297 g/mol. The fraction of sp³-hybridized carbons (Fsp3) is 0.100. The molecule has 0 radical (unpaired) electrons. The Morgan fingerprint density at radius 3 is 2.75 bits per heavy atom. The van der Waals surface area contributed by atoms with E-state index in [9.17, 15) is 4.79 Å². The van der Waals surface area contributed by atoms with Crippen LogP contribution in [0.1, 0.15) is 15.4 Å². The van der Waals surface area contributed by atoms with Crippen LogP contribution in [0.3, 0.4) is 0 Å². The zero-order valence-corrected chi connectivity index (χ0v) is 10.8. The van der Waals surface area contributed by atoms with Crippen LogP contribution in [0.2, 0.25) is 0 Å². The summed E-state index contributed by atoms with van der Waals surface area (Å²) in [6.07, 6.45) is 3.30. The maximum Gasteiger partial charge on any atom is 0.276 e. The number of nitrogens with zero attached hydrogens (tertiary/aromatic N) is 2. The standard InChI is InChI=1S/C10H8BrN3OS/c1-6-4-13-10(16-6)14-9(15)8-3-2-7(11)5-12-8/h2-5H,1H3,(H,13,14,15). The van der Waals surface area contributed by atoms with Crippen molar-refractivity contribution in [2.75, 3.05) is 5.32 Å². The number of aromatic nitrogens is 2. The number of carbonyl (C=O) groups is 1. The molecule has 4 nitrogen and oxygen atoms in total. The van der Waals surface area contributed by atoms with Crippen LogP contribution in [-0.2, 0) is 0 Å². The van der Waals surface area contributed by atoms with E-state index < -0.39 is 0 Å². The Bertz CT molecular complexity index is 509. The molecule has 2 aromatic rings. The zero-order valence-electron chi connectivity index (χ0n) is 8.40. The van der Waals surface area contributed by atoms with Crippen molar-refractivity contribution in [3.05, 3.63) is 39.6 Å². The van der Waals surface area contributed by atoms with E-state index in [1.54, 1.807) is 24.5 Å². The molecule has 0 fully saturated rings. The van der Waals surface area contributed by atoms with Gasteiger partial charge in [0.2, 0.25) is 0 Å². The van der Waals surface area contributed by atoms with E-state index in [0.717, 1.165) is 9.35 Å². The van der Waals surface area contributed by atoms with E-state index in [2.05, 4.69) is 31.2 Å². The number of amides is 1. The van der Waals surface area contributed by atoms with Gasteiger partial charge in [0.25, 0.3) is 5.91 Å². The first-order chi connectivity index (χ1) is 7.65. The van der Waals surface area contributed by atoms with E-state index in [1.807, 2.05) is 6.92 Å². The predicted octanol–water partition coefficient (Wildman–Crippen LogP) is 2.86. The number of hydrogen-bond acceptors (Lipinski definition) is 4. The number of carbonyl (C=O) groups excluding carboxylic acids is 1. The van der Waals surface area contributed by atoms with Crippen molar-refractivity contribution in [3.8, 4) is 0 Å². The fourth-order valence-corrected chi connectivity index (χ4v) is 1.98. The lowest BCUT2D eigenvalue weighted by Crippen LogP contribution is -2.13. The van der Waals surface area contributed by atoms with Crippen molar-refractivity contribution in [2.24, 2.45) is 0 Å². The third kappa shape index (κ3) is 2.65. The van der Waals surface area contributed by atoms with Gasteiger partial charge in [0.15, 0.2) is 5.13 Å². The summed E-state index contributed by atoms with van der Waals surface area (Å²) in [4.78, 5) is 20.8. The Morgan fingerprint density at radius 1 is 1.38 bits per heavy atom. The van der Waals surface area contributed by atoms with E-state index >= 15 is 0 Å². The van der Waals surface area contributed by atoms with Crippen LogP contribution in [0.4, 0.5) is 5.13 Å². The van der Waals surface area contributed by atoms with Gasteiger partial charge in [0.05, 0.1) is 0 Å². The Hall–Kier alpha value is -1.27. The van der Waals surface area contributed by atoms with Crippen LogP contribution >= 0.6 is 27.3 Å². The summed E-state index contributed by atoms with van der Waals surface area (Å²) in [6.45, 7) is 1.94. The molecular weight excluding hydrogens is 290 g/mol. The normalized spacial score (nSPS) is 10.1. The van der Waals surface area contributed by atoms with Gasteiger partial charge >= 0.3 is 0 Å². The fourth-order valence-electron chi connectivity index (χ4n) is 1.08. The molecular formula is C10H8BrN3OS. The highest BCUT2D eigenvalue weighted by Gasteiger charge is 2.09. The van der Waals surface area contributed by atoms with Crippen molar-refractivity contribution >= 4 is 38.3 Å². The first-order valence-electron chi connectivity index (χ1n) is 4.50. The van der Waals surface area contributed by atoms with Gasteiger partial charge in [-0.2, -0.15) is 0 Å². The lowest BCUT2D eigenvalue weighted by atomic mass is 10.3. The van der Waals surface area contributed by atoms with Crippen molar-refractivity contribution < 1.29 is 4.79 Å². The topological polar surface area (TPSA) is 54.9 Å². The maximum absolute atomic E-state index is 11.7. The lowest BCUT2D eigenvalue weighted by Gasteiger charge is -2.00. The van der Waals surface area contributed by atoms with Crippen LogP contribution in [0.5, 0.6) is 0 Å². The molecule has 2 aromatic heterocycles. The number of halogens is 1. The third-order valence-corrected chi connectivity index (χ3v) is 3.10. The van der Waals surface area contributed by atoms with Crippen molar-refractivity contribution in [2.45, 2.75) is 6.92 Å². The Labute approximate surface area is 105 Å². The van der Waals surface area contributed by atoms with Crippen LogP contribution < -0.4 is 5.32 Å². The summed E-state index contributed by atoms with van der Waals surface area (Å²) in [5.74, 6) is -0.248. The SMILES string of the molecule is Cc1cnc(NC(=O)c2ccc(Br)cn2)s1. The van der Waals surface area contributed by atoms with Crippen molar-refractivity contribution in [1.82, 2.24) is 9.97 Å². The van der Waals surface area contributed by atoms with Crippen molar-refractivity contribution in [3.63, 3.8) is 0 Å². The second kappa shape index (κ2) is 4.71. The minimum Gasteiger partial charge on any atom is -0.296 e. The molecule has 2 rings (SSSR count). The molecule has 0 unspecified atom stereocenters. The molecule has 0 aliphatic carbocycles. The first kappa shape index (κ1) is 11.2. The zero-order chi connectivity index (χ0) is 11.5. The molecule has 0 aliphatic heterocycles. The molecule has 0 saturated heterocycles. The Kier molecular flexibility index (Phi) is 3.31. The summed E-state index contributed by atoms with van der Waals surface area (Å²) < 4.78 is 0.842. The number of anilines is 1. The molecule has 2 heterocycles. The molecule has 0 atom stereocenters. The van der Waals surface area contributed by atoms with Gasteiger partial charge in [-0.15, -0.1) is 11.3 Å².